The van der Waals surface area contributed by atoms with Crippen molar-refractivity contribution in [1.82, 2.24) is 0 Å². The van der Waals surface area contributed by atoms with Crippen LogP contribution in [0.3, 0.4) is 0 Å². The average Bonchev–Trinajstić information content (AvgIpc) is 2.36. The van der Waals surface area contributed by atoms with Crippen molar-refractivity contribution in [2.24, 2.45) is 0 Å². The standard InChI is InChI=1S/C8H7ClOS/c1-2-3-7(10)8-6(9)4-5-11-8/h2-5H,1H3/b3-2+. The third kappa shape index (κ3) is 1.91. The Bertz CT molecular complexity index is 288. The Hall–Kier alpha value is -0.600. The molecule has 1 aromatic heterocycles. The average molecular weight is 187 g/mol. The summed E-state index contributed by atoms with van der Waals surface area (Å²) < 4.78 is 0. The maximum absolute atomic E-state index is 11.2. The molecule has 1 rings (SSSR count). The summed E-state index contributed by atoms with van der Waals surface area (Å²) in [5, 5.41) is 2.34. The van der Waals surface area contributed by atoms with Crippen LogP contribution in [0.2, 0.25) is 5.02 Å². The van der Waals surface area contributed by atoms with Gasteiger partial charge in [0, 0.05) is 0 Å². The van der Waals surface area contributed by atoms with Crippen LogP contribution in [0.1, 0.15) is 16.6 Å². The molecule has 3 heteroatoms. The van der Waals surface area contributed by atoms with Crippen LogP contribution in [0.15, 0.2) is 23.6 Å². The number of hydrogen-bond donors (Lipinski definition) is 0. The normalized spacial score (nSPS) is 10.7. The lowest BCUT2D eigenvalue weighted by atomic mass is 10.3. The first-order chi connectivity index (χ1) is 5.25. The number of halogens is 1. The molecule has 11 heavy (non-hydrogen) atoms. The van der Waals surface area contributed by atoms with Gasteiger partial charge >= 0.3 is 0 Å². The van der Waals surface area contributed by atoms with E-state index in [0.717, 1.165) is 0 Å². The van der Waals surface area contributed by atoms with Gasteiger partial charge in [-0.2, -0.15) is 0 Å². The molecule has 0 aliphatic carbocycles. The van der Waals surface area contributed by atoms with E-state index >= 15 is 0 Å². The largest absolute Gasteiger partial charge is 0.288 e. The minimum atomic E-state index is -0.0208. The lowest BCUT2D eigenvalue weighted by Gasteiger charge is -1.88. The van der Waals surface area contributed by atoms with Crippen LogP contribution in [0.25, 0.3) is 0 Å². The van der Waals surface area contributed by atoms with Crippen LogP contribution < -0.4 is 0 Å². The molecule has 0 saturated heterocycles. The number of carbonyl (C=O) groups excluding carboxylic acids is 1. The van der Waals surface area contributed by atoms with E-state index in [9.17, 15) is 4.79 Å². The van der Waals surface area contributed by atoms with Crippen LogP contribution >= 0.6 is 22.9 Å². The number of rotatable bonds is 2. The fourth-order valence-electron chi connectivity index (χ4n) is 0.697. The van der Waals surface area contributed by atoms with Crippen LogP contribution in [0.5, 0.6) is 0 Å². The number of hydrogen-bond acceptors (Lipinski definition) is 2. The molecule has 0 fully saturated rings. The van der Waals surface area contributed by atoms with Gasteiger partial charge in [-0.15, -0.1) is 11.3 Å². The molecule has 0 aliphatic heterocycles. The van der Waals surface area contributed by atoms with Crippen molar-refractivity contribution >= 4 is 28.7 Å². The first kappa shape index (κ1) is 8.50. The second kappa shape index (κ2) is 3.69. The van der Waals surface area contributed by atoms with Gasteiger partial charge in [0.1, 0.15) is 0 Å². The van der Waals surface area contributed by atoms with E-state index in [0.29, 0.717) is 9.90 Å². The van der Waals surface area contributed by atoms with E-state index in [1.54, 1.807) is 24.4 Å². The number of thiophene rings is 1. The summed E-state index contributed by atoms with van der Waals surface area (Å²) in [6.07, 6.45) is 3.22. The minimum absolute atomic E-state index is 0.0208. The zero-order chi connectivity index (χ0) is 8.27. The third-order valence-electron chi connectivity index (χ3n) is 1.16. The quantitative estimate of drug-likeness (QED) is 0.512. The van der Waals surface area contributed by atoms with Gasteiger partial charge in [-0.05, 0) is 24.4 Å². The van der Waals surface area contributed by atoms with Crippen molar-refractivity contribution in [3.05, 3.63) is 33.5 Å². The molecule has 58 valence electrons. The van der Waals surface area contributed by atoms with E-state index in [1.165, 1.54) is 17.4 Å². The predicted octanol–water partition coefficient (Wildman–Crippen LogP) is 3.16. The van der Waals surface area contributed by atoms with Gasteiger partial charge in [0.05, 0.1) is 9.90 Å². The molecule has 0 unspecified atom stereocenters. The predicted molar refractivity (Wildman–Crippen MR) is 48.5 cm³/mol. The first-order valence-corrected chi connectivity index (χ1v) is 4.41. The fourth-order valence-corrected chi connectivity index (χ4v) is 1.77. The molecule has 0 amide bonds. The molecule has 0 saturated carbocycles. The van der Waals surface area contributed by atoms with Gasteiger partial charge in [0.15, 0.2) is 5.78 Å². The Labute approximate surface area is 74.3 Å². The first-order valence-electron chi connectivity index (χ1n) is 3.15. The van der Waals surface area contributed by atoms with Crippen molar-refractivity contribution in [1.29, 1.82) is 0 Å². The third-order valence-corrected chi connectivity index (χ3v) is 2.51. The molecule has 1 heterocycles. The maximum Gasteiger partial charge on any atom is 0.196 e. The Balaban J connectivity index is 2.93. The van der Waals surface area contributed by atoms with E-state index in [2.05, 4.69) is 0 Å². The molecule has 0 aliphatic rings. The van der Waals surface area contributed by atoms with Crippen molar-refractivity contribution in [3.8, 4) is 0 Å². The van der Waals surface area contributed by atoms with Gasteiger partial charge < -0.3 is 0 Å². The zero-order valence-electron chi connectivity index (χ0n) is 6.00. The highest BCUT2D eigenvalue weighted by Crippen LogP contribution is 2.22. The van der Waals surface area contributed by atoms with Gasteiger partial charge in [-0.25, -0.2) is 0 Å². The van der Waals surface area contributed by atoms with E-state index in [1.807, 2.05) is 0 Å². The molecular formula is C8H7ClOS. The number of carbonyl (C=O) groups is 1. The Morgan fingerprint density at radius 1 is 1.73 bits per heavy atom. The molecule has 0 aromatic carbocycles. The summed E-state index contributed by atoms with van der Waals surface area (Å²) >= 11 is 7.09. The van der Waals surface area contributed by atoms with Crippen molar-refractivity contribution in [2.45, 2.75) is 6.92 Å². The smallest absolute Gasteiger partial charge is 0.196 e. The molecule has 0 radical (unpaired) electrons. The van der Waals surface area contributed by atoms with Crippen LogP contribution in [0.4, 0.5) is 0 Å². The number of allylic oxidation sites excluding steroid dienone is 2. The molecule has 0 spiro atoms. The molecule has 1 aromatic rings. The van der Waals surface area contributed by atoms with Crippen LogP contribution in [0, 0.1) is 0 Å². The van der Waals surface area contributed by atoms with Crippen LogP contribution in [-0.4, -0.2) is 5.78 Å². The van der Waals surface area contributed by atoms with Crippen LogP contribution in [-0.2, 0) is 0 Å². The molecular weight excluding hydrogens is 180 g/mol. The number of ketones is 1. The Morgan fingerprint density at radius 3 is 2.91 bits per heavy atom. The minimum Gasteiger partial charge on any atom is -0.288 e. The van der Waals surface area contributed by atoms with Gasteiger partial charge in [0.2, 0.25) is 0 Å². The monoisotopic (exact) mass is 186 g/mol. The van der Waals surface area contributed by atoms with Gasteiger partial charge in [0.25, 0.3) is 0 Å². The zero-order valence-corrected chi connectivity index (χ0v) is 7.58. The molecule has 0 bridgehead atoms. The fraction of sp³-hybridized carbons (Fsp3) is 0.125. The topological polar surface area (TPSA) is 17.1 Å². The summed E-state index contributed by atoms with van der Waals surface area (Å²) in [5.74, 6) is -0.0208. The molecule has 1 nitrogen and oxygen atoms in total. The van der Waals surface area contributed by atoms with Gasteiger partial charge in [-0.1, -0.05) is 17.7 Å². The lowest BCUT2D eigenvalue weighted by molar-refractivity contribution is 0.105. The Morgan fingerprint density at radius 2 is 2.45 bits per heavy atom. The highest BCUT2D eigenvalue weighted by atomic mass is 35.5. The highest BCUT2D eigenvalue weighted by Gasteiger charge is 2.07. The van der Waals surface area contributed by atoms with Crippen molar-refractivity contribution < 1.29 is 4.79 Å². The lowest BCUT2D eigenvalue weighted by Crippen LogP contribution is -1.89. The summed E-state index contributed by atoms with van der Waals surface area (Å²) in [7, 11) is 0. The second-order valence-electron chi connectivity index (χ2n) is 1.96. The molecule has 0 atom stereocenters. The van der Waals surface area contributed by atoms with E-state index in [-0.39, 0.29) is 5.78 Å². The summed E-state index contributed by atoms with van der Waals surface area (Å²) in [6, 6.07) is 1.73. The second-order valence-corrected chi connectivity index (χ2v) is 3.29. The van der Waals surface area contributed by atoms with Crippen molar-refractivity contribution in [2.75, 3.05) is 0 Å². The Kier molecular flexibility index (Phi) is 2.85. The summed E-state index contributed by atoms with van der Waals surface area (Å²) in [4.78, 5) is 11.8. The van der Waals surface area contributed by atoms with Crippen molar-refractivity contribution in [3.63, 3.8) is 0 Å². The molecule has 0 N–H and O–H groups in total. The van der Waals surface area contributed by atoms with E-state index < -0.39 is 0 Å². The summed E-state index contributed by atoms with van der Waals surface area (Å²) in [5.41, 5.74) is 0. The summed E-state index contributed by atoms with van der Waals surface area (Å²) in [6.45, 7) is 1.80. The van der Waals surface area contributed by atoms with E-state index in [4.69, 9.17) is 11.6 Å². The van der Waals surface area contributed by atoms with Gasteiger partial charge in [-0.3, -0.25) is 4.79 Å². The SMILES string of the molecule is C/C=C/C(=O)c1sccc1Cl. The highest BCUT2D eigenvalue weighted by molar-refractivity contribution is 7.13. The maximum atomic E-state index is 11.2.